The van der Waals surface area contributed by atoms with Crippen LogP contribution in [0.3, 0.4) is 0 Å². The van der Waals surface area contributed by atoms with E-state index in [2.05, 4.69) is 0 Å². The van der Waals surface area contributed by atoms with E-state index in [0.717, 1.165) is 17.8 Å². The first-order chi connectivity index (χ1) is 10.00. The van der Waals surface area contributed by atoms with Gasteiger partial charge in [-0.2, -0.15) is 0 Å². The van der Waals surface area contributed by atoms with Crippen molar-refractivity contribution in [3.63, 3.8) is 0 Å². The summed E-state index contributed by atoms with van der Waals surface area (Å²) in [5.74, 6) is -0.451. The minimum atomic E-state index is -3.68. The fourth-order valence-corrected chi connectivity index (χ4v) is 3.93. The smallest absolute Gasteiger partial charge is 0.264 e. The SMILES string of the molecule is CN1CCN(S(=O)(=O)c2ccc(F)cc2)c2ccccc21. The monoisotopic (exact) mass is 306 g/mol. The molecule has 0 fully saturated rings. The third-order valence-corrected chi connectivity index (χ3v) is 5.43. The van der Waals surface area contributed by atoms with Crippen LogP contribution in [0.2, 0.25) is 0 Å². The second kappa shape index (κ2) is 5.04. The Bertz CT molecular complexity index is 759. The van der Waals surface area contributed by atoms with Crippen molar-refractivity contribution in [3.05, 3.63) is 54.3 Å². The lowest BCUT2D eigenvalue weighted by molar-refractivity contribution is 0.588. The van der Waals surface area contributed by atoms with Gasteiger partial charge >= 0.3 is 0 Å². The number of halogens is 1. The molecular weight excluding hydrogens is 291 g/mol. The van der Waals surface area contributed by atoms with Gasteiger partial charge in [-0.15, -0.1) is 0 Å². The Balaban J connectivity index is 2.08. The summed E-state index contributed by atoms with van der Waals surface area (Å²) in [6.07, 6.45) is 0. The molecule has 0 unspecified atom stereocenters. The maximum Gasteiger partial charge on any atom is 0.264 e. The summed E-state index contributed by atoms with van der Waals surface area (Å²) in [7, 11) is -1.74. The van der Waals surface area contributed by atoms with Crippen LogP contribution in [0.1, 0.15) is 0 Å². The van der Waals surface area contributed by atoms with Gasteiger partial charge in [-0.1, -0.05) is 12.1 Å². The van der Waals surface area contributed by atoms with Gasteiger partial charge in [-0.25, -0.2) is 12.8 Å². The molecule has 0 saturated heterocycles. The molecule has 0 radical (unpaired) electrons. The van der Waals surface area contributed by atoms with E-state index in [1.54, 1.807) is 6.07 Å². The van der Waals surface area contributed by atoms with Gasteiger partial charge in [0.15, 0.2) is 0 Å². The topological polar surface area (TPSA) is 40.6 Å². The Morgan fingerprint density at radius 2 is 1.57 bits per heavy atom. The lowest BCUT2D eigenvalue weighted by Gasteiger charge is -2.36. The van der Waals surface area contributed by atoms with Crippen molar-refractivity contribution in [1.29, 1.82) is 0 Å². The second-order valence-corrected chi connectivity index (χ2v) is 6.80. The Morgan fingerprint density at radius 1 is 0.952 bits per heavy atom. The van der Waals surface area contributed by atoms with E-state index in [9.17, 15) is 12.8 Å². The standard InChI is InChI=1S/C15H15FN2O2S/c1-17-10-11-18(15-5-3-2-4-14(15)17)21(19,20)13-8-6-12(16)7-9-13/h2-9H,10-11H2,1H3. The van der Waals surface area contributed by atoms with Crippen LogP contribution < -0.4 is 9.21 Å². The van der Waals surface area contributed by atoms with E-state index in [4.69, 9.17) is 0 Å². The Labute approximate surface area is 123 Å². The van der Waals surface area contributed by atoms with E-state index in [-0.39, 0.29) is 4.90 Å². The van der Waals surface area contributed by atoms with E-state index in [1.165, 1.54) is 16.4 Å². The largest absolute Gasteiger partial charge is 0.371 e. The van der Waals surface area contributed by atoms with Crippen LogP contribution >= 0.6 is 0 Å². The molecule has 2 aromatic carbocycles. The van der Waals surface area contributed by atoms with E-state index in [1.807, 2.05) is 30.1 Å². The van der Waals surface area contributed by atoms with Gasteiger partial charge in [0.2, 0.25) is 0 Å². The fourth-order valence-electron chi connectivity index (χ4n) is 2.46. The quantitative estimate of drug-likeness (QED) is 0.856. The third-order valence-electron chi connectivity index (χ3n) is 3.60. The predicted octanol–water partition coefficient (Wildman–Crippen LogP) is 2.47. The lowest BCUT2D eigenvalue weighted by atomic mass is 10.2. The van der Waals surface area contributed by atoms with Crippen molar-refractivity contribution < 1.29 is 12.8 Å². The van der Waals surface area contributed by atoms with Crippen molar-refractivity contribution >= 4 is 21.4 Å². The molecule has 6 heteroatoms. The molecule has 1 aliphatic rings. The third kappa shape index (κ3) is 2.35. The zero-order valence-corrected chi connectivity index (χ0v) is 12.3. The zero-order valence-electron chi connectivity index (χ0n) is 11.5. The highest BCUT2D eigenvalue weighted by atomic mass is 32.2. The predicted molar refractivity (Wildman–Crippen MR) is 80.6 cm³/mol. The Kier molecular flexibility index (Phi) is 3.33. The molecule has 1 heterocycles. The Hall–Kier alpha value is -2.08. The summed E-state index contributed by atoms with van der Waals surface area (Å²) >= 11 is 0. The molecule has 0 spiro atoms. The number of nitrogens with zero attached hydrogens (tertiary/aromatic N) is 2. The van der Waals surface area contributed by atoms with Gasteiger partial charge in [0, 0.05) is 13.6 Å². The highest BCUT2D eigenvalue weighted by molar-refractivity contribution is 7.92. The number of anilines is 2. The van der Waals surface area contributed by atoms with E-state index >= 15 is 0 Å². The Morgan fingerprint density at radius 3 is 2.24 bits per heavy atom. The van der Waals surface area contributed by atoms with Crippen molar-refractivity contribution in [2.45, 2.75) is 4.90 Å². The van der Waals surface area contributed by atoms with Crippen LogP contribution in [-0.4, -0.2) is 28.6 Å². The van der Waals surface area contributed by atoms with E-state index < -0.39 is 15.8 Å². The molecule has 0 amide bonds. The van der Waals surface area contributed by atoms with Gasteiger partial charge in [-0.05, 0) is 36.4 Å². The first kappa shape index (κ1) is 13.9. The summed E-state index contributed by atoms with van der Waals surface area (Å²) in [5, 5.41) is 0. The first-order valence-electron chi connectivity index (χ1n) is 6.58. The number of para-hydroxylation sites is 2. The van der Waals surface area contributed by atoms with Gasteiger partial charge < -0.3 is 4.90 Å². The molecule has 0 N–H and O–H groups in total. The molecule has 2 aromatic rings. The van der Waals surface area contributed by atoms with Crippen LogP contribution in [0.25, 0.3) is 0 Å². The van der Waals surface area contributed by atoms with Crippen molar-refractivity contribution in [2.75, 3.05) is 29.3 Å². The van der Waals surface area contributed by atoms with Gasteiger partial charge in [0.25, 0.3) is 10.0 Å². The van der Waals surface area contributed by atoms with Crippen LogP contribution in [0.15, 0.2) is 53.4 Å². The summed E-state index contributed by atoms with van der Waals surface area (Å²) in [6.45, 7) is 0.977. The minimum absolute atomic E-state index is 0.100. The maximum atomic E-state index is 13.0. The summed E-state index contributed by atoms with van der Waals surface area (Å²) in [4.78, 5) is 2.12. The summed E-state index contributed by atoms with van der Waals surface area (Å²) in [6, 6.07) is 12.3. The molecule has 0 aromatic heterocycles. The molecule has 0 saturated carbocycles. The van der Waals surface area contributed by atoms with Crippen LogP contribution in [0.5, 0.6) is 0 Å². The number of fused-ring (bicyclic) bond motifs is 1. The molecule has 4 nitrogen and oxygen atoms in total. The molecule has 1 aliphatic heterocycles. The van der Waals surface area contributed by atoms with E-state index in [0.29, 0.717) is 18.8 Å². The maximum absolute atomic E-state index is 13.0. The lowest BCUT2D eigenvalue weighted by Crippen LogP contribution is -2.42. The van der Waals surface area contributed by atoms with Crippen molar-refractivity contribution in [1.82, 2.24) is 0 Å². The molecule has 110 valence electrons. The summed E-state index contributed by atoms with van der Waals surface area (Å²) < 4.78 is 39.9. The highest BCUT2D eigenvalue weighted by Crippen LogP contribution is 2.35. The van der Waals surface area contributed by atoms with Crippen LogP contribution in [0, 0.1) is 5.82 Å². The minimum Gasteiger partial charge on any atom is -0.371 e. The number of likely N-dealkylation sites (N-methyl/N-ethyl adjacent to an activating group) is 1. The summed E-state index contributed by atoms with van der Waals surface area (Å²) in [5.41, 5.74) is 1.52. The first-order valence-corrected chi connectivity index (χ1v) is 8.02. The molecule has 3 rings (SSSR count). The van der Waals surface area contributed by atoms with Crippen LogP contribution in [-0.2, 0) is 10.0 Å². The van der Waals surface area contributed by atoms with Crippen molar-refractivity contribution in [2.24, 2.45) is 0 Å². The zero-order chi connectivity index (χ0) is 15.0. The molecule has 21 heavy (non-hydrogen) atoms. The molecular formula is C15H15FN2O2S. The van der Waals surface area contributed by atoms with Gasteiger partial charge in [0.05, 0.1) is 22.8 Å². The molecule has 0 atom stereocenters. The van der Waals surface area contributed by atoms with Gasteiger partial charge in [-0.3, -0.25) is 4.31 Å². The number of sulfonamides is 1. The van der Waals surface area contributed by atoms with Gasteiger partial charge in [0.1, 0.15) is 5.82 Å². The average molecular weight is 306 g/mol. The second-order valence-electron chi connectivity index (χ2n) is 4.94. The number of benzene rings is 2. The average Bonchev–Trinajstić information content (AvgIpc) is 2.48. The molecule has 0 aliphatic carbocycles. The molecule has 0 bridgehead atoms. The number of hydrogen-bond acceptors (Lipinski definition) is 3. The normalized spacial score (nSPS) is 15.0. The highest BCUT2D eigenvalue weighted by Gasteiger charge is 2.30. The number of hydrogen-bond donors (Lipinski definition) is 0. The van der Waals surface area contributed by atoms with Crippen molar-refractivity contribution in [3.8, 4) is 0 Å². The van der Waals surface area contributed by atoms with Crippen LogP contribution in [0.4, 0.5) is 15.8 Å². The fraction of sp³-hybridized carbons (Fsp3) is 0.200. The number of rotatable bonds is 2.